The first kappa shape index (κ1) is 8.05. The third-order valence-electron chi connectivity index (χ3n) is 1.91. The number of nitrogens with zero attached hydrogens (tertiary/aromatic N) is 1. The zero-order valence-electron chi connectivity index (χ0n) is 7.53. The summed E-state index contributed by atoms with van der Waals surface area (Å²) in [7, 11) is 0. The second-order valence-corrected chi connectivity index (χ2v) is 3.07. The summed E-state index contributed by atoms with van der Waals surface area (Å²) in [6.45, 7) is 2.05. The summed E-state index contributed by atoms with van der Waals surface area (Å²) in [6, 6.07) is 5.80. The van der Waals surface area contributed by atoms with Crippen LogP contribution in [0, 0.1) is 0 Å². The van der Waals surface area contributed by atoms with Gasteiger partial charge in [-0.2, -0.15) is 0 Å². The first-order valence-electron chi connectivity index (χ1n) is 4.30. The molecule has 2 heteroatoms. The molecule has 1 aromatic heterocycles. The molecule has 2 heterocycles. The topological polar surface area (TPSA) is 22.1 Å². The van der Waals surface area contributed by atoms with Gasteiger partial charge < -0.3 is 4.74 Å². The van der Waals surface area contributed by atoms with E-state index in [1.807, 2.05) is 25.1 Å². The molecular weight excluding hydrogens is 162 g/mol. The van der Waals surface area contributed by atoms with Crippen LogP contribution in [0.4, 0.5) is 0 Å². The molecule has 0 unspecified atom stereocenters. The Kier molecular flexibility index (Phi) is 2.13. The van der Waals surface area contributed by atoms with Crippen molar-refractivity contribution >= 4 is 5.76 Å². The maximum Gasteiger partial charge on any atom is 0.148 e. The highest BCUT2D eigenvalue weighted by Crippen LogP contribution is 2.21. The summed E-state index contributed by atoms with van der Waals surface area (Å²) in [5.41, 5.74) is 2.13. The molecule has 0 atom stereocenters. The summed E-state index contributed by atoms with van der Waals surface area (Å²) in [5.74, 6) is 0.853. The number of allylic oxidation sites excluding steroid dienone is 2. The van der Waals surface area contributed by atoms with E-state index in [0.29, 0.717) is 0 Å². The molecule has 13 heavy (non-hydrogen) atoms. The van der Waals surface area contributed by atoms with Crippen LogP contribution in [-0.4, -0.2) is 4.98 Å². The van der Waals surface area contributed by atoms with E-state index in [2.05, 4.69) is 11.1 Å². The SMILES string of the molecule is CC1=COC(c2ccccn2)=CC1. The molecule has 2 rings (SSSR count). The number of hydrogen-bond acceptors (Lipinski definition) is 2. The van der Waals surface area contributed by atoms with Gasteiger partial charge in [0.15, 0.2) is 0 Å². The van der Waals surface area contributed by atoms with Crippen LogP contribution < -0.4 is 0 Å². The first-order valence-corrected chi connectivity index (χ1v) is 4.30. The van der Waals surface area contributed by atoms with Gasteiger partial charge in [0.05, 0.1) is 6.26 Å². The lowest BCUT2D eigenvalue weighted by Gasteiger charge is -2.11. The summed E-state index contributed by atoms with van der Waals surface area (Å²) in [4.78, 5) is 4.20. The number of ether oxygens (including phenoxy) is 1. The lowest BCUT2D eigenvalue weighted by molar-refractivity contribution is 0.419. The second kappa shape index (κ2) is 3.44. The molecule has 0 fully saturated rings. The van der Waals surface area contributed by atoms with Crippen molar-refractivity contribution in [1.82, 2.24) is 4.98 Å². The molecule has 0 saturated carbocycles. The van der Waals surface area contributed by atoms with Gasteiger partial charge in [-0.3, -0.25) is 4.98 Å². The first-order chi connectivity index (χ1) is 6.36. The van der Waals surface area contributed by atoms with Crippen molar-refractivity contribution in [2.75, 3.05) is 0 Å². The highest BCUT2D eigenvalue weighted by atomic mass is 16.5. The maximum atomic E-state index is 5.41. The lowest BCUT2D eigenvalue weighted by Crippen LogP contribution is -1.95. The quantitative estimate of drug-likeness (QED) is 0.651. The molecule has 0 bridgehead atoms. The summed E-state index contributed by atoms with van der Waals surface area (Å²) < 4.78 is 5.41. The van der Waals surface area contributed by atoms with Crippen LogP contribution in [0.25, 0.3) is 5.76 Å². The van der Waals surface area contributed by atoms with E-state index >= 15 is 0 Å². The minimum absolute atomic E-state index is 0.853. The van der Waals surface area contributed by atoms with E-state index < -0.39 is 0 Å². The van der Waals surface area contributed by atoms with Gasteiger partial charge in [-0.05, 0) is 37.1 Å². The monoisotopic (exact) mass is 173 g/mol. The van der Waals surface area contributed by atoms with Crippen molar-refractivity contribution in [3.05, 3.63) is 48.0 Å². The Morgan fingerprint density at radius 2 is 2.31 bits per heavy atom. The Morgan fingerprint density at radius 1 is 1.38 bits per heavy atom. The summed E-state index contributed by atoms with van der Waals surface area (Å²) in [5, 5.41) is 0. The molecule has 0 saturated heterocycles. The number of hydrogen-bond donors (Lipinski definition) is 0. The normalized spacial score (nSPS) is 15.8. The van der Waals surface area contributed by atoms with Gasteiger partial charge >= 0.3 is 0 Å². The average molecular weight is 173 g/mol. The van der Waals surface area contributed by atoms with Crippen LogP contribution in [0.15, 0.2) is 42.3 Å². The van der Waals surface area contributed by atoms with E-state index in [0.717, 1.165) is 17.9 Å². The highest BCUT2D eigenvalue weighted by Gasteiger charge is 2.06. The fourth-order valence-electron chi connectivity index (χ4n) is 1.19. The lowest BCUT2D eigenvalue weighted by atomic mass is 10.1. The van der Waals surface area contributed by atoms with Gasteiger partial charge in [-0.1, -0.05) is 6.07 Å². The fourth-order valence-corrected chi connectivity index (χ4v) is 1.19. The zero-order chi connectivity index (χ0) is 9.10. The molecule has 0 N–H and O–H groups in total. The molecule has 0 spiro atoms. The zero-order valence-corrected chi connectivity index (χ0v) is 7.53. The molecule has 2 nitrogen and oxygen atoms in total. The van der Waals surface area contributed by atoms with Crippen LogP contribution in [0.5, 0.6) is 0 Å². The van der Waals surface area contributed by atoms with Gasteiger partial charge in [0.2, 0.25) is 0 Å². The van der Waals surface area contributed by atoms with Crippen LogP contribution in [0.3, 0.4) is 0 Å². The van der Waals surface area contributed by atoms with Crippen molar-refractivity contribution in [1.29, 1.82) is 0 Å². The molecule has 66 valence electrons. The van der Waals surface area contributed by atoms with Crippen LogP contribution in [-0.2, 0) is 4.74 Å². The van der Waals surface area contributed by atoms with Crippen molar-refractivity contribution in [2.24, 2.45) is 0 Å². The molecule has 1 aliphatic heterocycles. The van der Waals surface area contributed by atoms with Crippen molar-refractivity contribution in [2.45, 2.75) is 13.3 Å². The van der Waals surface area contributed by atoms with Crippen molar-refractivity contribution in [3.63, 3.8) is 0 Å². The Hall–Kier alpha value is -1.57. The largest absolute Gasteiger partial charge is 0.463 e. The van der Waals surface area contributed by atoms with Crippen LogP contribution in [0.1, 0.15) is 19.0 Å². The molecule has 0 amide bonds. The third-order valence-corrected chi connectivity index (χ3v) is 1.91. The number of pyridine rings is 1. The van der Waals surface area contributed by atoms with Gasteiger partial charge in [0, 0.05) is 6.20 Å². The Balaban J connectivity index is 2.21. The van der Waals surface area contributed by atoms with Crippen molar-refractivity contribution in [3.8, 4) is 0 Å². The number of aromatic nitrogens is 1. The molecule has 0 aliphatic carbocycles. The molecule has 0 radical (unpaired) electrons. The van der Waals surface area contributed by atoms with Gasteiger partial charge in [-0.25, -0.2) is 0 Å². The van der Waals surface area contributed by atoms with E-state index in [9.17, 15) is 0 Å². The number of rotatable bonds is 1. The third kappa shape index (κ3) is 1.78. The summed E-state index contributed by atoms with van der Waals surface area (Å²) in [6.07, 6.45) is 6.55. The Morgan fingerprint density at radius 3 is 2.92 bits per heavy atom. The standard InChI is InChI=1S/C11H11NO/c1-9-5-6-11(13-8-9)10-4-2-3-7-12-10/h2-4,6-8H,5H2,1H3. The Labute approximate surface area is 77.6 Å². The van der Waals surface area contributed by atoms with E-state index in [4.69, 9.17) is 4.74 Å². The molecular formula is C11H11NO. The van der Waals surface area contributed by atoms with E-state index in [1.165, 1.54) is 5.57 Å². The highest BCUT2D eigenvalue weighted by molar-refractivity contribution is 5.57. The Bertz CT molecular complexity index is 352. The van der Waals surface area contributed by atoms with Crippen LogP contribution >= 0.6 is 0 Å². The predicted octanol–water partition coefficient (Wildman–Crippen LogP) is 2.75. The van der Waals surface area contributed by atoms with Gasteiger partial charge in [0.25, 0.3) is 0 Å². The molecule has 1 aromatic rings. The van der Waals surface area contributed by atoms with E-state index in [1.54, 1.807) is 12.5 Å². The minimum atomic E-state index is 0.853. The minimum Gasteiger partial charge on any atom is -0.463 e. The van der Waals surface area contributed by atoms with Crippen LogP contribution in [0.2, 0.25) is 0 Å². The average Bonchev–Trinajstić information content (AvgIpc) is 2.20. The van der Waals surface area contributed by atoms with Gasteiger partial charge in [0.1, 0.15) is 11.5 Å². The van der Waals surface area contributed by atoms with Crippen molar-refractivity contribution < 1.29 is 4.74 Å². The maximum absolute atomic E-state index is 5.41. The molecule has 0 aromatic carbocycles. The van der Waals surface area contributed by atoms with Gasteiger partial charge in [-0.15, -0.1) is 0 Å². The summed E-state index contributed by atoms with van der Waals surface area (Å²) >= 11 is 0. The fraction of sp³-hybridized carbons (Fsp3) is 0.182. The molecule has 1 aliphatic rings. The predicted molar refractivity (Wildman–Crippen MR) is 51.7 cm³/mol. The smallest absolute Gasteiger partial charge is 0.148 e. The second-order valence-electron chi connectivity index (χ2n) is 3.07. The van der Waals surface area contributed by atoms with E-state index in [-0.39, 0.29) is 0 Å².